The monoisotopic (exact) mass is 218 g/mol. The van der Waals surface area contributed by atoms with Crippen LogP contribution in [0.3, 0.4) is 0 Å². The first kappa shape index (κ1) is 15.0. The van der Waals surface area contributed by atoms with Gasteiger partial charge in [-0.15, -0.1) is 0 Å². The summed E-state index contributed by atoms with van der Waals surface area (Å²) in [6.07, 6.45) is 14.1. The Morgan fingerprint density at radius 2 is 1.88 bits per heavy atom. The third-order valence-corrected chi connectivity index (χ3v) is 2.47. The Hall–Kier alpha value is -1.04. The van der Waals surface area contributed by atoms with Crippen LogP contribution in [0.5, 0.6) is 0 Å². The van der Waals surface area contributed by atoms with Crippen LogP contribution in [0, 0.1) is 5.92 Å². The summed E-state index contributed by atoms with van der Waals surface area (Å²) in [5.74, 6) is 0.820. The van der Waals surface area contributed by atoms with Gasteiger partial charge in [-0.1, -0.05) is 68.4 Å². The molecule has 0 fully saturated rings. The molecular weight excluding hydrogens is 192 g/mol. The van der Waals surface area contributed by atoms with Crippen LogP contribution in [-0.2, 0) is 0 Å². The van der Waals surface area contributed by atoms with Crippen LogP contribution >= 0.6 is 0 Å². The summed E-state index contributed by atoms with van der Waals surface area (Å²) >= 11 is 0. The average molecular weight is 218 g/mol. The van der Waals surface area contributed by atoms with Gasteiger partial charge < -0.3 is 0 Å². The Kier molecular flexibility index (Phi) is 8.61. The van der Waals surface area contributed by atoms with Crippen molar-refractivity contribution in [3.63, 3.8) is 0 Å². The fraction of sp³-hybridized carbons (Fsp3) is 0.500. The second-order valence-electron chi connectivity index (χ2n) is 4.80. The first-order chi connectivity index (χ1) is 7.56. The highest BCUT2D eigenvalue weighted by molar-refractivity contribution is 5.24. The van der Waals surface area contributed by atoms with Crippen molar-refractivity contribution < 1.29 is 0 Å². The Balaban J connectivity index is 3.94. The van der Waals surface area contributed by atoms with E-state index in [-0.39, 0.29) is 0 Å². The molecule has 0 heterocycles. The maximum absolute atomic E-state index is 3.68. The molecule has 0 amide bonds. The molecule has 0 bridgehead atoms. The molecule has 0 spiro atoms. The van der Waals surface area contributed by atoms with E-state index in [9.17, 15) is 0 Å². The Morgan fingerprint density at radius 1 is 1.19 bits per heavy atom. The summed E-state index contributed by atoms with van der Waals surface area (Å²) in [6.45, 7) is 12.5. The first-order valence-electron chi connectivity index (χ1n) is 6.19. The van der Waals surface area contributed by atoms with Crippen LogP contribution < -0.4 is 0 Å². The van der Waals surface area contributed by atoms with Gasteiger partial charge in [-0.2, -0.15) is 0 Å². The van der Waals surface area contributed by atoms with Gasteiger partial charge in [0.2, 0.25) is 0 Å². The fourth-order valence-electron chi connectivity index (χ4n) is 1.48. The van der Waals surface area contributed by atoms with Crippen LogP contribution in [0.1, 0.15) is 47.0 Å². The van der Waals surface area contributed by atoms with Crippen molar-refractivity contribution in [3.05, 3.63) is 48.1 Å². The summed E-state index contributed by atoms with van der Waals surface area (Å²) in [4.78, 5) is 0. The maximum Gasteiger partial charge on any atom is -0.0320 e. The molecule has 0 aromatic rings. The molecule has 0 N–H and O–H groups in total. The van der Waals surface area contributed by atoms with Gasteiger partial charge in [0.1, 0.15) is 0 Å². The minimum atomic E-state index is 0.820. The van der Waals surface area contributed by atoms with E-state index in [4.69, 9.17) is 0 Å². The molecule has 0 saturated heterocycles. The second-order valence-corrected chi connectivity index (χ2v) is 4.80. The van der Waals surface area contributed by atoms with E-state index < -0.39 is 0 Å². The predicted molar refractivity (Wildman–Crippen MR) is 75.5 cm³/mol. The van der Waals surface area contributed by atoms with E-state index in [1.165, 1.54) is 30.4 Å². The maximum atomic E-state index is 3.68. The lowest BCUT2D eigenvalue weighted by atomic mass is 10.0. The highest BCUT2D eigenvalue weighted by Gasteiger charge is 1.94. The van der Waals surface area contributed by atoms with Crippen LogP contribution in [0.4, 0.5) is 0 Å². The normalized spacial score (nSPS) is 13.8. The van der Waals surface area contributed by atoms with Gasteiger partial charge in [0.25, 0.3) is 0 Å². The first-order valence-corrected chi connectivity index (χ1v) is 6.19. The minimum absolute atomic E-state index is 0.820. The van der Waals surface area contributed by atoms with E-state index in [0.717, 1.165) is 5.92 Å². The van der Waals surface area contributed by atoms with Crippen molar-refractivity contribution in [3.8, 4) is 0 Å². The molecule has 0 unspecified atom stereocenters. The molecule has 0 aromatic carbocycles. The van der Waals surface area contributed by atoms with Crippen molar-refractivity contribution in [1.82, 2.24) is 0 Å². The quantitative estimate of drug-likeness (QED) is 0.499. The van der Waals surface area contributed by atoms with Crippen LogP contribution in [0.25, 0.3) is 0 Å². The molecule has 0 heteroatoms. The van der Waals surface area contributed by atoms with Crippen LogP contribution in [0.15, 0.2) is 48.1 Å². The molecule has 0 atom stereocenters. The molecule has 0 radical (unpaired) electrons. The summed E-state index contributed by atoms with van der Waals surface area (Å²) < 4.78 is 0. The summed E-state index contributed by atoms with van der Waals surface area (Å²) in [6, 6.07) is 0. The summed E-state index contributed by atoms with van der Waals surface area (Å²) in [5.41, 5.74) is 2.70. The third kappa shape index (κ3) is 9.51. The molecule has 0 nitrogen and oxygen atoms in total. The van der Waals surface area contributed by atoms with Gasteiger partial charge in [0, 0.05) is 0 Å². The van der Waals surface area contributed by atoms with E-state index in [0.29, 0.717) is 0 Å². The Morgan fingerprint density at radius 3 is 2.44 bits per heavy atom. The number of rotatable bonds is 7. The van der Waals surface area contributed by atoms with Gasteiger partial charge in [0.05, 0.1) is 0 Å². The molecule has 90 valence electrons. The standard InChI is InChI=1S/C16H26/c1-6-9-15(4)12-8-13-16(5)11-7-10-14(2)3/h6,8-9,12-14H,1,7,10-11H2,2-5H3. The lowest BCUT2D eigenvalue weighted by molar-refractivity contribution is 0.555. The second kappa shape index (κ2) is 9.21. The lowest BCUT2D eigenvalue weighted by Crippen LogP contribution is -1.87. The zero-order valence-corrected chi connectivity index (χ0v) is 11.3. The van der Waals surface area contributed by atoms with Crippen molar-refractivity contribution in [2.24, 2.45) is 5.92 Å². The van der Waals surface area contributed by atoms with E-state index in [1.54, 1.807) is 0 Å². The topological polar surface area (TPSA) is 0 Å². The summed E-state index contributed by atoms with van der Waals surface area (Å²) in [5, 5.41) is 0. The third-order valence-electron chi connectivity index (χ3n) is 2.47. The van der Waals surface area contributed by atoms with Crippen molar-refractivity contribution in [2.45, 2.75) is 47.0 Å². The lowest BCUT2D eigenvalue weighted by Gasteiger charge is -2.03. The average Bonchev–Trinajstić information content (AvgIpc) is 2.17. The minimum Gasteiger partial charge on any atom is -0.0991 e. The summed E-state index contributed by atoms with van der Waals surface area (Å²) in [7, 11) is 0. The molecule has 0 rings (SSSR count). The smallest absolute Gasteiger partial charge is 0.0320 e. The van der Waals surface area contributed by atoms with Gasteiger partial charge >= 0.3 is 0 Å². The Bertz CT molecular complexity index is 274. The van der Waals surface area contributed by atoms with Gasteiger partial charge in [-0.25, -0.2) is 0 Å². The van der Waals surface area contributed by atoms with Crippen molar-refractivity contribution in [1.29, 1.82) is 0 Å². The highest BCUT2D eigenvalue weighted by Crippen LogP contribution is 2.11. The largest absolute Gasteiger partial charge is 0.0991 e. The number of hydrogen-bond donors (Lipinski definition) is 0. The predicted octanol–water partition coefficient (Wildman–Crippen LogP) is 5.45. The zero-order chi connectivity index (χ0) is 12.4. The fourth-order valence-corrected chi connectivity index (χ4v) is 1.48. The SMILES string of the molecule is C=CC=C(C)C=CC=C(C)CCCC(C)C. The van der Waals surface area contributed by atoms with Crippen molar-refractivity contribution >= 4 is 0 Å². The van der Waals surface area contributed by atoms with Gasteiger partial charge in [-0.05, 0) is 32.6 Å². The van der Waals surface area contributed by atoms with Crippen LogP contribution in [0.2, 0.25) is 0 Å². The van der Waals surface area contributed by atoms with Gasteiger partial charge in [-0.3, -0.25) is 0 Å². The van der Waals surface area contributed by atoms with Crippen LogP contribution in [-0.4, -0.2) is 0 Å². The highest BCUT2D eigenvalue weighted by atomic mass is 14.0. The van der Waals surface area contributed by atoms with E-state index in [2.05, 4.69) is 52.5 Å². The molecule has 0 aliphatic rings. The molecule has 0 saturated carbocycles. The molecular formula is C16H26. The molecule has 0 aromatic heterocycles. The van der Waals surface area contributed by atoms with Gasteiger partial charge in [0.15, 0.2) is 0 Å². The molecule has 16 heavy (non-hydrogen) atoms. The number of hydrogen-bond acceptors (Lipinski definition) is 0. The zero-order valence-electron chi connectivity index (χ0n) is 11.3. The van der Waals surface area contributed by atoms with E-state index in [1.807, 2.05) is 12.2 Å². The Labute approximate surface area is 101 Å². The van der Waals surface area contributed by atoms with Crippen molar-refractivity contribution in [2.75, 3.05) is 0 Å². The number of allylic oxidation sites excluding steroid dienone is 7. The molecule has 0 aliphatic heterocycles. The van der Waals surface area contributed by atoms with E-state index >= 15 is 0 Å². The molecule has 0 aliphatic carbocycles.